The Morgan fingerprint density at radius 2 is 1.81 bits per heavy atom. The number of anilines is 1. The molecule has 0 atom stereocenters. The molecule has 0 fully saturated rings. The van der Waals surface area contributed by atoms with Crippen LogP contribution in [0.5, 0.6) is 0 Å². The summed E-state index contributed by atoms with van der Waals surface area (Å²) in [4.78, 5) is 0. The molecule has 0 bridgehead atoms. The minimum absolute atomic E-state index is 0.140. The second-order valence-corrected chi connectivity index (χ2v) is 7.33. The highest BCUT2D eigenvalue weighted by Gasteiger charge is 2.18. The fourth-order valence-corrected chi connectivity index (χ4v) is 2.40. The molecule has 0 aliphatic heterocycles. The van der Waals surface area contributed by atoms with Crippen molar-refractivity contribution >= 4 is 5.69 Å². The van der Waals surface area contributed by atoms with Gasteiger partial charge in [-0.1, -0.05) is 53.7 Å². The Morgan fingerprint density at radius 3 is 2.33 bits per heavy atom. The van der Waals surface area contributed by atoms with Crippen LogP contribution in [0.25, 0.3) is 0 Å². The largest absolute Gasteiger partial charge is 0.384 e. The van der Waals surface area contributed by atoms with Crippen molar-refractivity contribution in [3.8, 4) is 6.07 Å². The Hall–Kier alpha value is -1.49. The number of nitrogens with zero attached hydrogens (tertiary/aromatic N) is 1. The molecule has 0 saturated heterocycles. The lowest BCUT2D eigenvalue weighted by molar-refractivity contribution is 0.363. The molecular weight excluding hydrogens is 256 g/mol. The van der Waals surface area contributed by atoms with Gasteiger partial charge in [0.15, 0.2) is 0 Å². The maximum Gasteiger partial charge on any atom is 0.0621 e. The molecule has 1 rings (SSSR count). The van der Waals surface area contributed by atoms with Gasteiger partial charge in [0.25, 0.3) is 0 Å². The molecule has 0 aromatic heterocycles. The van der Waals surface area contributed by atoms with E-state index >= 15 is 0 Å². The molecule has 2 nitrogen and oxygen atoms in total. The zero-order valence-electron chi connectivity index (χ0n) is 14.5. The summed E-state index contributed by atoms with van der Waals surface area (Å²) in [7, 11) is 0. The van der Waals surface area contributed by atoms with Gasteiger partial charge in [0, 0.05) is 18.7 Å². The second-order valence-electron chi connectivity index (χ2n) is 7.33. The first kappa shape index (κ1) is 17.6. The lowest BCUT2D eigenvalue weighted by atomic mass is 9.87. The van der Waals surface area contributed by atoms with Crippen LogP contribution in [-0.4, -0.2) is 6.54 Å². The summed E-state index contributed by atoms with van der Waals surface area (Å²) < 4.78 is 0. The summed E-state index contributed by atoms with van der Waals surface area (Å²) >= 11 is 0. The van der Waals surface area contributed by atoms with Crippen molar-refractivity contribution in [1.82, 2.24) is 0 Å². The third-order valence-corrected chi connectivity index (χ3v) is 4.04. The Balaban J connectivity index is 2.86. The quantitative estimate of drug-likeness (QED) is 0.700. The van der Waals surface area contributed by atoms with Crippen molar-refractivity contribution in [2.75, 3.05) is 11.9 Å². The van der Waals surface area contributed by atoms with Crippen molar-refractivity contribution in [2.45, 2.75) is 66.2 Å². The first-order valence-corrected chi connectivity index (χ1v) is 8.01. The van der Waals surface area contributed by atoms with E-state index in [0.717, 1.165) is 13.0 Å². The van der Waals surface area contributed by atoms with Crippen LogP contribution in [0.15, 0.2) is 18.2 Å². The van der Waals surface area contributed by atoms with E-state index in [1.54, 1.807) is 0 Å². The smallest absolute Gasteiger partial charge is 0.0621 e. The summed E-state index contributed by atoms with van der Waals surface area (Å²) in [5, 5.41) is 12.3. The molecule has 0 unspecified atom stereocenters. The van der Waals surface area contributed by atoms with Gasteiger partial charge < -0.3 is 5.32 Å². The maximum atomic E-state index is 8.74. The predicted octanol–water partition coefficient (Wildman–Crippen LogP) is 5.68. The van der Waals surface area contributed by atoms with Crippen LogP contribution in [-0.2, 0) is 0 Å². The summed E-state index contributed by atoms with van der Waals surface area (Å²) in [6.07, 6.45) is 1.55. The number of benzene rings is 1. The van der Waals surface area contributed by atoms with E-state index in [9.17, 15) is 0 Å². The van der Waals surface area contributed by atoms with Crippen LogP contribution >= 0.6 is 0 Å². The lowest BCUT2D eigenvalue weighted by Crippen LogP contribution is -2.23. The van der Waals surface area contributed by atoms with Crippen LogP contribution in [0, 0.1) is 16.7 Å². The van der Waals surface area contributed by atoms with Crippen LogP contribution in [0.3, 0.4) is 0 Å². The van der Waals surface area contributed by atoms with Crippen LogP contribution in [0.4, 0.5) is 5.69 Å². The molecule has 1 N–H and O–H groups in total. The number of nitriles is 1. The molecule has 0 aliphatic carbocycles. The lowest BCUT2D eigenvalue weighted by Gasteiger charge is -2.26. The molecular formula is C19H30N2. The van der Waals surface area contributed by atoms with E-state index in [-0.39, 0.29) is 5.41 Å². The van der Waals surface area contributed by atoms with Gasteiger partial charge in [-0.2, -0.15) is 5.26 Å². The van der Waals surface area contributed by atoms with Gasteiger partial charge in [0.1, 0.15) is 0 Å². The second kappa shape index (κ2) is 7.50. The minimum atomic E-state index is 0.140. The number of nitrogens with one attached hydrogen (secondary N) is 1. The first-order chi connectivity index (χ1) is 9.76. The SMILES string of the molecule is CC(C)c1ccc(NCC(C)(C)CCC#N)c(C(C)C)c1. The Labute approximate surface area is 130 Å². The van der Waals surface area contributed by atoms with Gasteiger partial charge in [-0.3, -0.25) is 0 Å². The minimum Gasteiger partial charge on any atom is -0.384 e. The predicted molar refractivity (Wildman–Crippen MR) is 91.7 cm³/mol. The third kappa shape index (κ3) is 5.42. The summed E-state index contributed by atoms with van der Waals surface area (Å²) in [6, 6.07) is 9.01. The monoisotopic (exact) mass is 286 g/mol. The molecule has 0 heterocycles. The molecule has 0 amide bonds. The number of hydrogen-bond donors (Lipinski definition) is 1. The molecule has 1 aromatic rings. The van der Waals surface area contributed by atoms with Crippen molar-refractivity contribution in [1.29, 1.82) is 5.26 Å². The highest BCUT2D eigenvalue weighted by molar-refractivity contribution is 5.54. The number of hydrogen-bond acceptors (Lipinski definition) is 2. The molecule has 21 heavy (non-hydrogen) atoms. The van der Waals surface area contributed by atoms with E-state index in [0.29, 0.717) is 18.3 Å². The van der Waals surface area contributed by atoms with Gasteiger partial charge in [0.2, 0.25) is 0 Å². The van der Waals surface area contributed by atoms with Gasteiger partial charge in [-0.15, -0.1) is 0 Å². The number of rotatable bonds is 7. The van der Waals surface area contributed by atoms with Crippen LogP contribution in [0.1, 0.15) is 77.3 Å². The molecule has 0 saturated carbocycles. The zero-order valence-corrected chi connectivity index (χ0v) is 14.5. The molecule has 116 valence electrons. The summed E-state index contributed by atoms with van der Waals surface area (Å²) in [6.45, 7) is 14.3. The summed E-state index contributed by atoms with van der Waals surface area (Å²) in [5.74, 6) is 1.07. The van der Waals surface area contributed by atoms with Gasteiger partial charge >= 0.3 is 0 Å². The van der Waals surface area contributed by atoms with E-state index in [4.69, 9.17) is 5.26 Å². The maximum absolute atomic E-state index is 8.74. The van der Waals surface area contributed by atoms with Crippen molar-refractivity contribution in [2.24, 2.45) is 5.41 Å². The topological polar surface area (TPSA) is 35.8 Å². The molecule has 0 aliphatic rings. The van der Waals surface area contributed by atoms with Crippen LogP contribution in [0.2, 0.25) is 0 Å². The molecule has 0 radical (unpaired) electrons. The Bertz CT molecular complexity index is 493. The highest BCUT2D eigenvalue weighted by atomic mass is 14.9. The Morgan fingerprint density at radius 1 is 1.14 bits per heavy atom. The van der Waals surface area contributed by atoms with E-state index in [2.05, 4.69) is 71.1 Å². The van der Waals surface area contributed by atoms with E-state index < -0.39 is 0 Å². The van der Waals surface area contributed by atoms with Crippen molar-refractivity contribution < 1.29 is 0 Å². The van der Waals surface area contributed by atoms with Gasteiger partial charge in [-0.05, 0) is 40.9 Å². The Kier molecular flexibility index (Phi) is 6.27. The fourth-order valence-electron chi connectivity index (χ4n) is 2.40. The zero-order chi connectivity index (χ0) is 16.0. The molecule has 0 spiro atoms. The van der Waals surface area contributed by atoms with Gasteiger partial charge in [-0.25, -0.2) is 0 Å². The standard InChI is InChI=1S/C19H30N2/c1-14(2)16-8-9-18(17(12-16)15(3)4)21-13-19(5,6)10-7-11-20/h8-9,12,14-15,21H,7,10,13H2,1-6H3. The molecule has 2 heteroatoms. The average molecular weight is 286 g/mol. The highest BCUT2D eigenvalue weighted by Crippen LogP contribution is 2.30. The first-order valence-electron chi connectivity index (χ1n) is 8.01. The van der Waals surface area contributed by atoms with E-state index in [1.165, 1.54) is 16.8 Å². The van der Waals surface area contributed by atoms with Gasteiger partial charge in [0.05, 0.1) is 6.07 Å². The molecule has 1 aromatic carbocycles. The van der Waals surface area contributed by atoms with E-state index in [1.807, 2.05) is 0 Å². The van der Waals surface area contributed by atoms with Crippen LogP contribution < -0.4 is 5.32 Å². The average Bonchev–Trinajstić information content (AvgIpc) is 2.42. The normalized spacial score (nSPS) is 11.8. The third-order valence-electron chi connectivity index (χ3n) is 4.04. The van der Waals surface area contributed by atoms with Crippen molar-refractivity contribution in [3.05, 3.63) is 29.3 Å². The fraction of sp³-hybridized carbons (Fsp3) is 0.632. The summed E-state index contributed by atoms with van der Waals surface area (Å²) in [5.41, 5.74) is 4.16. The van der Waals surface area contributed by atoms with Crippen molar-refractivity contribution in [3.63, 3.8) is 0 Å².